The van der Waals surface area contributed by atoms with Gasteiger partial charge in [-0.25, -0.2) is 0 Å². The van der Waals surface area contributed by atoms with Crippen molar-refractivity contribution < 1.29 is 29.3 Å². The standard InChI is InChI=1S/C28H40O6S2/c1-9-28(10-2,19-11-12-20(17(3)13-19)34-16-22(30)27(5,6)7)23-14-18(4)24(36-23)26(32)35-21(15-29)25(31)33-8/h11-14,21-22,29-30H,9-10,15-16H2,1-8H3. The second-order valence-corrected chi connectivity index (χ2v) is 12.4. The zero-order valence-corrected chi connectivity index (χ0v) is 24.3. The molecular weight excluding hydrogens is 496 g/mol. The number of thioether (sulfide) groups is 1. The normalized spacial score (nSPS) is 13.8. The summed E-state index contributed by atoms with van der Waals surface area (Å²) in [5.74, 6) is 0.130. The number of rotatable bonds is 11. The predicted octanol–water partition coefficient (Wildman–Crippen LogP) is 5.66. The predicted molar refractivity (Wildman–Crippen MR) is 147 cm³/mol. The first kappa shape index (κ1) is 30.4. The number of hydrogen-bond acceptors (Lipinski definition) is 8. The molecule has 8 heteroatoms. The molecule has 0 saturated heterocycles. The number of carbonyl (C=O) groups excluding carboxylic acids is 2. The van der Waals surface area contributed by atoms with Crippen molar-refractivity contribution in [1.29, 1.82) is 0 Å². The highest BCUT2D eigenvalue weighted by Gasteiger charge is 2.35. The van der Waals surface area contributed by atoms with E-state index >= 15 is 0 Å². The first-order valence-electron chi connectivity index (χ1n) is 12.3. The third-order valence-corrected chi connectivity index (χ3v) is 9.40. The van der Waals surface area contributed by atoms with Gasteiger partial charge in [0.25, 0.3) is 0 Å². The molecule has 2 rings (SSSR count). The number of aliphatic hydroxyl groups excluding tert-OH is 2. The molecule has 2 unspecified atom stereocenters. The number of aryl methyl sites for hydroxylation is 2. The molecule has 36 heavy (non-hydrogen) atoms. The van der Waals surface area contributed by atoms with E-state index in [1.807, 2.05) is 40.7 Å². The lowest BCUT2D eigenvalue weighted by molar-refractivity contribution is -0.140. The van der Waals surface area contributed by atoms with Crippen molar-refractivity contribution in [3.63, 3.8) is 0 Å². The summed E-state index contributed by atoms with van der Waals surface area (Å²) in [6, 6.07) is 8.24. The van der Waals surface area contributed by atoms with E-state index in [0.29, 0.717) is 4.88 Å². The van der Waals surface area contributed by atoms with Gasteiger partial charge in [0, 0.05) is 10.3 Å². The Hall–Kier alpha value is -1.87. The third kappa shape index (κ3) is 6.71. The van der Waals surface area contributed by atoms with Crippen LogP contribution in [0.15, 0.2) is 24.3 Å². The van der Waals surface area contributed by atoms with Gasteiger partial charge >= 0.3 is 5.97 Å². The second kappa shape index (κ2) is 12.6. The number of benzene rings is 1. The summed E-state index contributed by atoms with van der Waals surface area (Å²) in [5.41, 5.74) is 2.44. The minimum Gasteiger partial charge on any atom is -0.491 e. The topological polar surface area (TPSA) is 93.1 Å². The van der Waals surface area contributed by atoms with E-state index in [2.05, 4.69) is 32.0 Å². The zero-order chi connectivity index (χ0) is 27.3. The van der Waals surface area contributed by atoms with Crippen LogP contribution in [0.4, 0.5) is 0 Å². The fourth-order valence-corrected chi connectivity index (χ4v) is 6.49. The molecule has 0 fully saturated rings. The van der Waals surface area contributed by atoms with Gasteiger partial charge in [-0.1, -0.05) is 58.5 Å². The van der Waals surface area contributed by atoms with E-state index in [0.717, 1.165) is 51.9 Å². The van der Waals surface area contributed by atoms with Gasteiger partial charge in [-0.2, -0.15) is 0 Å². The van der Waals surface area contributed by atoms with Crippen LogP contribution in [0.25, 0.3) is 0 Å². The third-order valence-electron chi connectivity index (χ3n) is 6.79. The molecule has 2 aromatic rings. The van der Waals surface area contributed by atoms with Crippen LogP contribution in [0.3, 0.4) is 0 Å². The monoisotopic (exact) mass is 536 g/mol. The second-order valence-electron chi connectivity index (χ2n) is 10.2. The summed E-state index contributed by atoms with van der Waals surface area (Å²) in [4.78, 5) is 26.5. The molecule has 2 atom stereocenters. The maximum atomic E-state index is 13.0. The van der Waals surface area contributed by atoms with Crippen molar-refractivity contribution in [2.24, 2.45) is 5.41 Å². The summed E-state index contributed by atoms with van der Waals surface area (Å²) < 4.78 is 10.6. The summed E-state index contributed by atoms with van der Waals surface area (Å²) in [5, 5.41) is 18.7. The molecule has 6 nitrogen and oxygen atoms in total. The minimum absolute atomic E-state index is 0.226. The molecule has 0 bridgehead atoms. The van der Waals surface area contributed by atoms with Crippen LogP contribution in [-0.4, -0.2) is 53.0 Å². The highest BCUT2D eigenvalue weighted by Crippen LogP contribution is 2.45. The lowest BCUT2D eigenvalue weighted by Gasteiger charge is -2.32. The average molecular weight is 537 g/mol. The van der Waals surface area contributed by atoms with Gasteiger partial charge in [0.15, 0.2) is 0 Å². The lowest BCUT2D eigenvalue weighted by Crippen LogP contribution is -2.32. The van der Waals surface area contributed by atoms with Crippen molar-refractivity contribution >= 4 is 34.2 Å². The Morgan fingerprint density at radius 1 is 1.08 bits per heavy atom. The van der Waals surface area contributed by atoms with Crippen LogP contribution < -0.4 is 4.74 Å². The number of thiophene rings is 1. The van der Waals surface area contributed by atoms with Crippen LogP contribution in [0.5, 0.6) is 5.75 Å². The van der Waals surface area contributed by atoms with Crippen LogP contribution in [0.1, 0.15) is 78.7 Å². The Morgan fingerprint density at radius 3 is 2.22 bits per heavy atom. The number of aliphatic hydroxyl groups is 2. The van der Waals surface area contributed by atoms with Crippen LogP contribution in [0.2, 0.25) is 0 Å². The van der Waals surface area contributed by atoms with Crippen molar-refractivity contribution in [1.82, 2.24) is 0 Å². The highest BCUT2D eigenvalue weighted by molar-refractivity contribution is 8.15. The smallest absolute Gasteiger partial charge is 0.321 e. The molecule has 0 aliphatic heterocycles. The molecule has 1 heterocycles. The van der Waals surface area contributed by atoms with E-state index < -0.39 is 23.9 Å². The Balaban J connectivity index is 2.37. The summed E-state index contributed by atoms with van der Waals surface area (Å²) in [6.07, 6.45) is 1.11. The molecular formula is C28H40O6S2. The van der Waals surface area contributed by atoms with Gasteiger partial charge < -0.3 is 19.7 Å². The van der Waals surface area contributed by atoms with Crippen molar-refractivity contribution in [3.8, 4) is 5.75 Å². The van der Waals surface area contributed by atoms with Crippen molar-refractivity contribution in [3.05, 3.63) is 50.7 Å². The number of methoxy groups -OCH3 is 1. The Labute approximate surface area is 223 Å². The summed E-state index contributed by atoms with van der Waals surface area (Å²) in [7, 11) is 1.24. The first-order valence-corrected chi connectivity index (χ1v) is 14.0. The molecule has 2 N–H and O–H groups in total. The summed E-state index contributed by atoms with van der Waals surface area (Å²) in [6.45, 7) is 13.9. The molecule has 1 aromatic heterocycles. The van der Waals surface area contributed by atoms with E-state index in [4.69, 9.17) is 9.47 Å². The largest absolute Gasteiger partial charge is 0.491 e. The summed E-state index contributed by atoms with van der Waals surface area (Å²) >= 11 is 2.25. The minimum atomic E-state index is -0.943. The number of ether oxygens (including phenoxy) is 2. The Bertz CT molecular complexity index is 1050. The molecule has 0 aliphatic rings. The van der Waals surface area contributed by atoms with Gasteiger partial charge in [0.05, 0.1) is 24.7 Å². The number of esters is 1. The molecule has 0 spiro atoms. The SMILES string of the molecule is CCC(CC)(c1ccc(OCC(O)C(C)(C)C)c(C)c1)c1cc(C)c(C(=O)SC(CO)C(=O)OC)s1. The number of carbonyl (C=O) groups is 2. The fourth-order valence-electron chi connectivity index (χ4n) is 4.07. The van der Waals surface area contributed by atoms with Gasteiger partial charge in [-0.3, -0.25) is 9.59 Å². The van der Waals surface area contributed by atoms with Crippen molar-refractivity contribution in [2.45, 2.75) is 78.1 Å². The molecule has 0 saturated carbocycles. The maximum Gasteiger partial charge on any atom is 0.321 e. The molecule has 1 aromatic carbocycles. The number of hydrogen-bond donors (Lipinski definition) is 2. The first-order chi connectivity index (χ1) is 16.8. The Morgan fingerprint density at radius 2 is 1.72 bits per heavy atom. The van der Waals surface area contributed by atoms with E-state index in [1.165, 1.54) is 18.4 Å². The van der Waals surface area contributed by atoms with Gasteiger partial charge in [0.2, 0.25) is 5.12 Å². The highest BCUT2D eigenvalue weighted by atomic mass is 32.2. The van der Waals surface area contributed by atoms with Crippen LogP contribution >= 0.6 is 23.1 Å². The quantitative estimate of drug-likeness (QED) is 0.358. The van der Waals surface area contributed by atoms with E-state index in [9.17, 15) is 19.8 Å². The average Bonchev–Trinajstić information content (AvgIpc) is 3.23. The lowest BCUT2D eigenvalue weighted by atomic mass is 9.74. The molecule has 0 aliphatic carbocycles. The van der Waals surface area contributed by atoms with E-state index in [1.54, 1.807) is 0 Å². The van der Waals surface area contributed by atoms with Gasteiger partial charge in [0.1, 0.15) is 17.6 Å². The zero-order valence-electron chi connectivity index (χ0n) is 22.6. The van der Waals surface area contributed by atoms with Gasteiger partial charge in [-0.05, 0) is 60.9 Å². The molecule has 0 radical (unpaired) electrons. The van der Waals surface area contributed by atoms with E-state index in [-0.39, 0.29) is 22.6 Å². The van der Waals surface area contributed by atoms with Gasteiger partial charge in [-0.15, -0.1) is 11.3 Å². The molecule has 200 valence electrons. The van der Waals surface area contributed by atoms with Crippen LogP contribution in [-0.2, 0) is 14.9 Å². The Kier molecular flexibility index (Phi) is 10.6. The van der Waals surface area contributed by atoms with Crippen molar-refractivity contribution in [2.75, 3.05) is 20.3 Å². The molecule has 0 amide bonds. The fraction of sp³-hybridized carbons (Fsp3) is 0.571. The maximum absolute atomic E-state index is 13.0. The van der Waals surface area contributed by atoms with Crippen LogP contribution in [0, 0.1) is 19.3 Å².